The van der Waals surface area contributed by atoms with Crippen molar-refractivity contribution in [1.82, 2.24) is 0 Å². The molecule has 0 bridgehead atoms. The average molecular weight is 169 g/mol. The summed E-state index contributed by atoms with van der Waals surface area (Å²) in [7, 11) is 0. The van der Waals surface area contributed by atoms with Crippen LogP contribution in [0.5, 0.6) is 0 Å². The molecule has 0 radical (unpaired) electrons. The molecule has 1 rings (SSSR count). The first-order chi connectivity index (χ1) is 5.40. The summed E-state index contributed by atoms with van der Waals surface area (Å²) in [4.78, 5) is 11.4. The number of hydrogen-bond acceptors (Lipinski definition) is 1. The van der Waals surface area contributed by atoms with E-state index >= 15 is 0 Å². The van der Waals surface area contributed by atoms with Gasteiger partial charge in [0.25, 0.3) is 0 Å². The third-order valence-electron chi connectivity index (χ3n) is 3.36. The van der Waals surface area contributed by atoms with Gasteiger partial charge >= 0.3 is 0 Å². The lowest BCUT2D eigenvalue weighted by Crippen LogP contribution is -2.44. The van der Waals surface area contributed by atoms with E-state index in [1.54, 1.807) is 0 Å². The molecule has 0 aromatic heterocycles. The monoisotopic (exact) mass is 169 g/mol. The molecule has 0 atom stereocenters. The number of carbonyl (C=O) groups excluding carboxylic acids is 1. The zero-order valence-electron chi connectivity index (χ0n) is 8.31. The summed E-state index contributed by atoms with van der Waals surface area (Å²) in [5.41, 5.74) is 5.27. The summed E-state index contributed by atoms with van der Waals surface area (Å²) in [6.45, 7) is 6.34. The van der Waals surface area contributed by atoms with Gasteiger partial charge in [-0.1, -0.05) is 33.6 Å². The van der Waals surface area contributed by atoms with Crippen LogP contribution in [0.4, 0.5) is 0 Å². The molecular weight excluding hydrogens is 150 g/mol. The predicted molar refractivity (Wildman–Crippen MR) is 49.6 cm³/mol. The van der Waals surface area contributed by atoms with Gasteiger partial charge in [0.1, 0.15) is 0 Å². The number of carbonyl (C=O) groups is 1. The van der Waals surface area contributed by atoms with Gasteiger partial charge in [-0.25, -0.2) is 0 Å². The summed E-state index contributed by atoms with van der Waals surface area (Å²) >= 11 is 0. The van der Waals surface area contributed by atoms with Crippen molar-refractivity contribution in [2.24, 2.45) is 16.6 Å². The highest BCUT2D eigenvalue weighted by atomic mass is 16.1. The molecule has 2 heteroatoms. The summed E-state index contributed by atoms with van der Waals surface area (Å²) in [6, 6.07) is 0. The van der Waals surface area contributed by atoms with E-state index in [4.69, 9.17) is 5.73 Å². The van der Waals surface area contributed by atoms with Crippen LogP contribution in [0.25, 0.3) is 0 Å². The highest BCUT2D eigenvalue weighted by molar-refractivity contribution is 5.82. The average Bonchev–Trinajstić information content (AvgIpc) is 2.31. The number of amides is 1. The summed E-state index contributed by atoms with van der Waals surface area (Å²) in [5.74, 6) is -0.104. The van der Waals surface area contributed by atoms with Gasteiger partial charge < -0.3 is 5.73 Å². The Labute approximate surface area is 74.5 Å². The smallest absolute Gasteiger partial charge is 0.224 e. The van der Waals surface area contributed by atoms with Gasteiger partial charge in [-0.05, 0) is 18.3 Å². The third-order valence-corrected chi connectivity index (χ3v) is 3.36. The van der Waals surface area contributed by atoms with E-state index in [0.717, 1.165) is 25.7 Å². The lowest BCUT2D eigenvalue weighted by Gasteiger charge is -2.39. The minimum absolute atomic E-state index is 0.0231. The van der Waals surface area contributed by atoms with Crippen LogP contribution in [0.3, 0.4) is 0 Å². The molecule has 0 spiro atoms. The largest absolute Gasteiger partial charge is 0.369 e. The highest BCUT2D eigenvalue weighted by Crippen LogP contribution is 2.50. The van der Waals surface area contributed by atoms with E-state index in [0.29, 0.717) is 0 Å². The van der Waals surface area contributed by atoms with Crippen LogP contribution in [0.2, 0.25) is 0 Å². The molecule has 0 saturated heterocycles. The topological polar surface area (TPSA) is 43.1 Å². The Bertz CT molecular complexity index is 185. The van der Waals surface area contributed by atoms with Gasteiger partial charge in [-0.2, -0.15) is 0 Å². The fourth-order valence-electron chi connectivity index (χ4n) is 2.34. The van der Waals surface area contributed by atoms with Crippen LogP contribution < -0.4 is 5.73 Å². The van der Waals surface area contributed by atoms with Crippen LogP contribution >= 0.6 is 0 Å². The molecule has 1 aliphatic carbocycles. The molecule has 0 heterocycles. The minimum atomic E-state index is -0.229. The number of hydrogen-bond donors (Lipinski definition) is 1. The molecule has 0 aromatic carbocycles. The van der Waals surface area contributed by atoms with Gasteiger partial charge in [0, 0.05) is 0 Å². The fraction of sp³-hybridized carbons (Fsp3) is 0.900. The van der Waals surface area contributed by atoms with Crippen molar-refractivity contribution in [1.29, 1.82) is 0 Å². The first kappa shape index (κ1) is 9.56. The van der Waals surface area contributed by atoms with Crippen molar-refractivity contribution in [2.45, 2.75) is 46.5 Å². The summed E-state index contributed by atoms with van der Waals surface area (Å²) in [5, 5.41) is 0. The van der Waals surface area contributed by atoms with Crippen LogP contribution in [-0.4, -0.2) is 5.91 Å². The van der Waals surface area contributed by atoms with Crippen LogP contribution in [0.1, 0.15) is 46.5 Å². The van der Waals surface area contributed by atoms with E-state index in [9.17, 15) is 4.79 Å². The molecule has 0 unspecified atom stereocenters. The Balaban J connectivity index is 2.94. The first-order valence-corrected chi connectivity index (χ1v) is 4.70. The maximum Gasteiger partial charge on any atom is 0.224 e. The van der Waals surface area contributed by atoms with Gasteiger partial charge in [-0.15, -0.1) is 0 Å². The molecule has 1 aliphatic rings. The maximum absolute atomic E-state index is 11.4. The second kappa shape index (κ2) is 2.75. The van der Waals surface area contributed by atoms with Gasteiger partial charge in [0.15, 0.2) is 0 Å². The summed E-state index contributed by atoms with van der Waals surface area (Å²) < 4.78 is 0. The van der Waals surface area contributed by atoms with Crippen molar-refractivity contribution in [3.05, 3.63) is 0 Å². The predicted octanol–water partition coefficient (Wildman–Crippen LogP) is 2.08. The molecular formula is C10H19NO. The van der Waals surface area contributed by atoms with Crippen LogP contribution in [-0.2, 0) is 4.79 Å². The molecule has 70 valence electrons. The molecule has 0 aromatic rings. The maximum atomic E-state index is 11.4. The van der Waals surface area contributed by atoms with Crippen LogP contribution in [0, 0.1) is 10.8 Å². The van der Waals surface area contributed by atoms with E-state index in [1.165, 1.54) is 0 Å². The molecule has 2 nitrogen and oxygen atoms in total. The van der Waals surface area contributed by atoms with Crippen molar-refractivity contribution >= 4 is 5.91 Å². The van der Waals surface area contributed by atoms with E-state index in [2.05, 4.69) is 20.8 Å². The van der Waals surface area contributed by atoms with E-state index in [1.807, 2.05) is 0 Å². The standard InChI is InChI=1S/C10H19NO/c1-9(2,3)10(8(11)12)6-4-5-7-10/h4-7H2,1-3H3,(H2,11,12). The zero-order chi connectivity index (χ0) is 9.41. The SMILES string of the molecule is CC(C)(C)C1(C(N)=O)CCCC1. The Morgan fingerprint density at radius 1 is 1.25 bits per heavy atom. The quantitative estimate of drug-likeness (QED) is 0.641. The van der Waals surface area contributed by atoms with Crippen LogP contribution in [0.15, 0.2) is 0 Å². The summed E-state index contributed by atoms with van der Waals surface area (Å²) in [6.07, 6.45) is 4.26. The Hall–Kier alpha value is -0.530. The lowest BCUT2D eigenvalue weighted by molar-refractivity contribution is -0.133. The Morgan fingerprint density at radius 3 is 1.83 bits per heavy atom. The third kappa shape index (κ3) is 1.23. The second-order valence-electron chi connectivity index (χ2n) is 4.90. The minimum Gasteiger partial charge on any atom is -0.369 e. The van der Waals surface area contributed by atoms with E-state index < -0.39 is 0 Å². The number of primary amides is 1. The lowest BCUT2D eigenvalue weighted by atomic mass is 9.65. The van der Waals surface area contributed by atoms with Crippen molar-refractivity contribution < 1.29 is 4.79 Å². The Morgan fingerprint density at radius 2 is 1.67 bits per heavy atom. The van der Waals surface area contributed by atoms with Gasteiger partial charge in [-0.3, -0.25) is 4.79 Å². The normalized spacial score (nSPS) is 22.6. The number of rotatable bonds is 1. The Kier molecular flexibility index (Phi) is 2.19. The molecule has 2 N–H and O–H groups in total. The van der Waals surface area contributed by atoms with Crippen molar-refractivity contribution in [3.63, 3.8) is 0 Å². The van der Waals surface area contributed by atoms with Gasteiger partial charge in [0.05, 0.1) is 5.41 Å². The molecule has 1 fully saturated rings. The van der Waals surface area contributed by atoms with Crippen molar-refractivity contribution in [3.8, 4) is 0 Å². The highest BCUT2D eigenvalue weighted by Gasteiger charge is 2.48. The zero-order valence-corrected chi connectivity index (χ0v) is 8.31. The molecule has 0 aliphatic heterocycles. The van der Waals surface area contributed by atoms with Crippen molar-refractivity contribution in [2.75, 3.05) is 0 Å². The second-order valence-corrected chi connectivity index (χ2v) is 4.90. The van der Waals surface area contributed by atoms with Gasteiger partial charge in [0.2, 0.25) is 5.91 Å². The fourth-order valence-corrected chi connectivity index (χ4v) is 2.34. The first-order valence-electron chi connectivity index (χ1n) is 4.70. The molecule has 12 heavy (non-hydrogen) atoms. The molecule has 1 amide bonds. The number of nitrogens with two attached hydrogens (primary N) is 1. The van der Waals surface area contributed by atoms with E-state index in [-0.39, 0.29) is 16.7 Å². The molecule has 1 saturated carbocycles.